The second-order valence-electron chi connectivity index (χ2n) is 6.59. The lowest BCUT2D eigenvalue weighted by atomic mass is 9.80. The Hall–Kier alpha value is -0.610. The summed E-state index contributed by atoms with van der Waals surface area (Å²) >= 11 is 0. The number of nitrogens with two attached hydrogens (primary N) is 1. The number of carbonyl (C=O) groups excluding carboxylic acids is 1. The molecule has 17 heavy (non-hydrogen) atoms. The fraction of sp³-hybridized carbons (Fsp3) is 0.923. The molecule has 0 aromatic heterocycles. The highest BCUT2D eigenvalue weighted by Crippen LogP contribution is 2.29. The third-order valence-electron chi connectivity index (χ3n) is 3.44. The van der Waals surface area contributed by atoms with Crippen LogP contribution >= 0.6 is 0 Å². The van der Waals surface area contributed by atoms with Gasteiger partial charge in [-0.3, -0.25) is 9.69 Å². The molecule has 1 fully saturated rings. The summed E-state index contributed by atoms with van der Waals surface area (Å²) in [6.07, 6.45) is 2.18. The third kappa shape index (κ3) is 5.04. The van der Waals surface area contributed by atoms with Gasteiger partial charge in [0.25, 0.3) is 0 Å². The first-order chi connectivity index (χ1) is 7.74. The summed E-state index contributed by atoms with van der Waals surface area (Å²) in [7, 11) is 0. The molecule has 3 N–H and O–H groups in total. The zero-order valence-electron chi connectivity index (χ0n) is 11.7. The summed E-state index contributed by atoms with van der Waals surface area (Å²) in [6, 6.07) is 0. The zero-order chi connectivity index (χ0) is 13.1. The van der Waals surface area contributed by atoms with Gasteiger partial charge in [0.2, 0.25) is 5.91 Å². The van der Waals surface area contributed by atoms with Crippen LogP contribution in [0.2, 0.25) is 0 Å². The van der Waals surface area contributed by atoms with Gasteiger partial charge in [-0.05, 0) is 58.7 Å². The second-order valence-corrected chi connectivity index (χ2v) is 6.59. The molecule has 0 radical (unpaired) electrons. The van der Waals surface area contributed by atoms with Gasteiger partial charge in [0.1, 0.15) is 0 Å². The summed E-state index contributed by atoms with van der Waals surface area (Å²) in [5.74, 6) is 0.119. The monoisotopic (exact) mass is 241 g/mol. The van der Waals surface area contributed by atoms with Gasteiger partial charge in [-0.15, -0.1) is 0 Å². The zero-order valence-corrected chi connectivity index (χ0v) is 11.7. The summed E-state index contributed by atoms with van der Waals surface area (Å²) in [5.41, 5.74) is 5.90. The molecule has 0 spiro atoms. The molecule has 1 rings (SSSR count). The highest BCUT2D eigenvalue weighted by Gasteiger charge is 2.29. The lowest BCUT2D eigenvalue weighted by Crippen LogP contribution is -2.49. The number of carbonyl (C=O) groups is 1. The maximum absolute atomic E-state index is 11.8. The number of hydrogen-bond acceptors (Lipinski definition) is 3. The first-order valence-corrected chi connectivity index (χ1v) is 6.48. The topological polar surface area (TPSA) is 58.4 Å². The third-order valence-corrected chi connectivity index (χ3v) is 3.44. The average Bonchev–Trinajstić information content (AvgIpc) is 2.19. The van der Waals surface area contributed by atoms with Gasteiger partial charge >= 0.3 is 0 Å². The van der Waals surface area contributed by atoms with Crippen LogP contribution in [0, 0.1) is 5.41 Å². The minimum atomic E-state index is -0.140. The van der Waals surface area contributed by atoms with E-state index in [9.17, 15) is 4.79 Å². The van der Waals surface area contributed by atoms with Crippen LogP contribution in [0.5, 0.6) is 0 Å². The van der Waals surface area contributed by atoms with Crippen molar-refractivity contribution in [2.24, 2.45) is 11.1 Å². The predicted octanol–water partition coefficient (Wildman–Crippen LogP) is 0.962. The Morgan fingerprint density at radius 3 is 2.29 bits per heavy atom. The van der Waals surface area contributed by atoms with Crippen LogP contribution in [0.3, 0.4) is 0 Å². The van der Waals surface area contributed by atoms with E-state index in [1.165, 1.54) is 0 Å². The summed E-state index contributed by atoms with van der Waals surface area (Å²) in [6.45, 7) is 11.5. The van der Waals surface area contributed by atoms with E-state index < -0.39 is 0 Å². The van der Waals surface area contributed by atoms with Crippen LogP contribution in [0.4, 0.5) is 0 Å². The van der Waals surface area contributed by atoms with E-state index in [2.05, 4.69) is 17.1 Å². The molecule has 1 saturated heterocycles. The van der Waals surface area contributed by atoms with Crippen LogP contribution in [0.1, 0.15) is 40.5 Å². The largest absolute Gasteiger partial charge is 0.350 e. The van der Waals surface area contributed by atoms with Crippen LogP contribution in [0.25, 0.3) is 0 Å². The lowest BCUT2D eigenvalue weighted by molar-refractivity contribution is -0.124. The molecular formula is C13H27N3O. The molecule has 1 heterocycles. The number of hydrogen-bond donors (Lipinski definition) is 2. The van der Waals surface area contributed by atoms with Gasteiger partial charge in [0.15, 0.2) is 0 Å². The van der Waals surface area contributed by atoms with E-state index in [1.807, 2.05) is 20.8 Å². The molecular weight excluding hydrogens is 214 g/mol. The molecule has 0 aromatic rings. The first-order valence-electron chi connectivity index (χ1n) is 6.48. The maximum atomic E-state index is 11.8. The highest BCUT2D eigenvalue weighted by atomic mass is 16.2. The first kappa shape index (κ1) is 14.5. The van der Waals surface area contributed by atoms with Crippen molar-refractivity contribution < 1.29 is 4.79 Å². The van der Waals surface area contributed by atoms with Gasteiger partial charge in [0.05, 0.1) is 6.54 Å². The summed E-state index contributed by atoms with van der Waals surface area (Å²) < 4.78 is 0. The Bertz CT molecular complexity index is 262. The molecule has 1 amide bonds. The smallest absolute Gasteiger partial charge is 0.234 e. The molecule has 0 unspecified atom stereocenters. The minimum absolute atomic E-state index is 0.119. The maximum Gasteiger partial charge on any atom is 0.234 e. The molecule has 1 aliphatic rings. The van der Waals surface area contributed by atoms with Gasteiger partial charge in [-0.25, -0.2) is 0 Å². The molecule has 1 aliphatic heterocycles. The van der Waals surface area contributed by atoms with E-state index in [1.54, 1.807) is 0 Å². The standard InChI is InChI=1S/C13H27N3O/c1-12(2,3)15-11(17)9-16-7-5-13(4,10-14)6-8-16/h5-10,14H2,1-4H3,(H,15,17). The molecule has 100 valence electrons. The van der Waals surface area contributed by atoms with Crippen molar-refractivity contribution in [3.63, 3.8) is 0 Å². The van der Waals surface area contributed by atoms with Crippen LogP contribution < -0.4 is 11.1 Å². The van der Waals surface area contributed by atoms with Gasteiger partial charge in [-0.2, -0.15) is 0 Å². The molecule has 0 bridgehead atoms. The Balaban J connectivity index is 2.34. The second kappa shape index (κ2) is 5.36. The van der Waals surface area contributed by atoms with Crippen molar-refractivity contribution in [1.29, 1.82) is 0 Å². The predicted molar refractivity (Wildman–Crippen MR) is 70.7 cm³/mol. The van der Waals surface area contributed by atoms with E-state index in [0.717, 1.165) is 32.5 Å². The molecule has 0 atom stereocenters. The van der Waals surface area contributed by atoms with Crippen molar-refractivity contribution in [2.75, 3.05) is 26.2 Å². The molecule has 4 heteroatoms. The number of rotatable bonds is 3. The van der Waals surface area contributed by atoms with Crippen molar-refractivity contribution in [2.45, 2.75) is 46.1 Å². The van der Waals surface area contributed by atoms with E-state index in [-0.39, 0.29) is 16.9 Å². The van der Waals surface area contributed by atoms with Crippen LogP contribution in [-0.2, 0) is 4.79 Å². The minimum Gasteiger partial charge on any atom is -0.350 e. The van der Waals surface area contributed by atoms with Crippen molar-refractivity contribution in [3.05, 3.63) is 0 Å². The Morgan fingerprint density at radius 1 is 1.35 bits per heavy atom. The van der Waals surface area contributed by atoms with E-state index in [4.69, 9.17) is 5.73 Å². The number of piperidine rings is 1. The Labute approximate surface area is 105 Å². The van der Waals surface area contributed by atoms with E-state index >= 15 is 0 Å². The highest BCUT2D eigenvalue weighted by molar-refractivity contribution is 5.78. The number of nitrogens with one attached hydrogen (secondary N) is 1. The Morgan fingerprint density at radius 2 is 1.88 bits per heavy atom. The number of likely N-dealkylation sites (tertiary alicyclic amines) is 1. The normalized spacial score (nSPS) is 21.2. The van der Waals surface area contributed by atoms with Crippen LogP contribution in [-0.4, -0.2) is 42.5 Å². The average molecular weight is 241 g/mol. The quantitative estimate of drug-likeness (QED) is 0.774. The van der Waals surface area contributed by atoms with Gasteiger partial charge in [-0.1, -0.05) is 6.92 Å². The number of nitrogens with zero attached hydrogens (tertiary/aromatic N) is 1. The molecule has 4 nitrogen and oxygen atoms in total. The fourth-order valence-electron chi connectivity index (χ4n) is 2.12. The van der Waals surface area contributed by atoms with Crippen molar-refractivity contribution >= 4 is 5.91 Å². The molecule has 0 saturated carbocycles. The Kier molecular flexibility index (Phi) is 4.55. The van der Waals surface area contributed by atoms with Crippen LogP contribution in [0.15, 0.2) is 0 Å². The van der Waals surface area contributed by atoms with Crippen molar-refractivity contribution in [3.8, 4) is 0 Å². The molecule has 0 aliphatic carbocycles. The number of amides is 1. The van der Waals surface area contributed by atoms with Crippen molar-refractivity contribution in [1.82, 2.24) is 10.2 Å². The SMILES string of the molecule is CC1(CN)CCN(CC(=O)NC(C)(C)C)CC1. The molecule has 0 aromatic carbocycles. The lowest BCUT2D eigenvalue weighted by Gasteiger charge is -2.38. The fourth-order valence-corrected chi connectivity index (χ4v) is 2.12. The summed E-state index contributed by atoms with van der Waals surface area (Å²) in [5, 5.41) is 3.00. The van der Waals surface area contributed by atoms with Gasteiger partial charge < -0.3 is 11.1 Å². The van der Waals surface area contributed by atoms with E-state index in [0.29, 0.717) is 6.54 Å². The summed E-state index contributed by atoms with van der Waals surface area (Å²) in [4.78, 5) is 14.0. The van der Waals surface area contributed by atoms with Gasteiger partial charge in [0, 0.05) is 5.54 Å².